The van der Waals surface area contributed by atoms with E-state index in [4.69, 9.17) is 0 Å². The zero-order chi connectivity index (χ0) is 14.6. The molecule has 0 saturated carbocycles. The van der Waals surface area contributed by atoms with Crippen molar-refractivity contribution in [3.05, 3.63) is 23.9 Å². The maximum absolute atomic E-state index is 12.5. The van der Waals surface area contributed by atoms with Crippen LogP contribution in [-0.4, -0.2) is 37.3 Å². The van der Waals surface area contributed by atoms with Crippen molar-refractivity contribution in [1.29, 1.82) is 0 Å². The topological polar surface area (TPSA) is 62.3 Å². The van der Waals surface area contributed by atoms with E-state index in [2.05, 4.69) is 17.2 Å². The lowest BCUT2D eigenvalue weighted by Crippen LogP contribution is -2.38. The van der Waals surface area contributed by atoms with Crippen molar-refractivity contribution in [2.75, 3.05) is 19.6 Å². The molecule has 5 nitrogen and oxygen atoms in total. The van der Waals surface area contributed by atoms with Crippen LogP contribution in [0.3, 0.4) is 0 Å². The molecule has 6 heteroatoms. The van der Waals surface area contributed by atoms with Crippen molar-refractivity contribution in [1.82, 2.24) is 14.6 Å². The summed E-state index contributed by atoms with van der Waals surface area (Å²) in [6.45, 7) is 6.99. The number of piperidine rings is 1. The molecule has 1 N–H and O–H groups in total. The Morgan fingerprint density at radius 3 is 2.60 bits per heavy atom. The van der Waals surface area contributed by atoms with Gasteiger partial charge >= 0.3 is 0 Å². The Labute approximate surface area is 121 Å². The van der Waals surface area contributed by atoms with Crippen LogP contribution in [0.25, 0.3) is 0 Å². The van der Waals surface area contributed by atoms with Crippen LogP contribution >= 0.6 is 0 Å². The minimum atomic E-state index is -3.42. The fourth-order valence-electron chi connectivity index (χ4n) is 2.29. The summed E-state index contributed by atoms with van der Waals surface area (Å²) >= 11 is 0. The zero-order valence-electron chi connectivity index (χ0n) is 12.2. The van der Waals surface area contributed by atoms with E-state index in [9.17, 15) is 8.42 Å². The van der Waals surface area contributed by atoms with Gasteiger partial charge in [-0.25, -0.2) is 13.4 Å². The van der Waals surface area contributed by atoms with Crippen molar-refractivity contribution < 1.29 is 8.42 Å². The molecule has 112 valence electrons. The summed E-state index contributed by atoms with van der Waals surface area (Å²) in [6.07, 6.45) is 3.50. The van der Waals surface area contributed by atoms with Gasteiger partial charge in [-0.1, -0.05) is 19.9 Å². The van der Waals surface area contributed by atoms with E-state index < -0.39 is 10.0 Å². The normalized spacial score (nSPS) is 18.3. The first kappa shape index (κ1) is 15.4. The number of sulfonamides is 1. The quantitative estimate of drug-likeness (QED) is 0.897. The Morgan fingerprint density at radius 1 is 1.35 bits per heavy atom. The maximum atomic E-state index is 12.5. The number of hydrogen-bond donors (Lipinski definition) is 1. The molecule has 0 spiro atoms. The molecule has 1 aromatic rings. The molecule has 0 bridgehead atoms. The van der Waals surface area contributed by atoms with Crippen LogP contribution in [-0.2, 0) is 16.6 Å². The van der Waals surface area contributed by atoms with Crippen LogP contribution in [0.5, 0.6) is 0 Å². The minimum Gasteiger partial charge on any atom is -0.313 e. The first-order valence-corrected chi connectivity index (χ1v) is 8.64. The highest BCUT2D eigenvalue weighted by Gasteiger charge is 2.28. The molecule has 1 aliphatic rings. The molecule has 1 saturated heterocycles. The van der Waals surface area contributed by atoms with Gasteiger partial charge in [0.25, 0.3) is 10.0 Å². The molecule has 0 aromatic carbocycles. The molecular formula is C14H23N3O2S. The van der Waals surface area contributed by atoms with Crippen LogP contribution in [0.1, 0.15) is 32.3 Å². The molecule has 1 aliphatic heterocycles. The first-order valence-electron chi connectivity index (χ1n) is 7.20. The summed E-state index contributed by atoms with van der Waals surface area (Å²) < 4.78 is 26.5. The highest BCUT2D eigenvalue weighted by molar-refractivity contribution is 7.89. The van der Waals surface area contributed by atoms with Gasteiger partial charge in [-0.05, 0) is 36.9 Å². The van der Waals surface area contributed by atoms with Crippen molar-refractivity contribution in [3.8, 4) is 0 Å². The third kappa shape index (κ3) is 3.56. The van der Waals surface area contributed by atoms with Gasteiger partial charge in [0.05, 0.1) is 0 Å². The molecule has 20 heavy (non-hydrogen) atoms. The monoisotopic (exact) mass is 297 g/mol. The first-order chi connectivity index (χ1) is 9.54. The fourth-order valence-corrected chi connectivity index (χ4v) is 3.68. The molecule has 0 atom stereocenters. The van der Waals surface area contributed by atoms with E-state index in [0.29, 0.717) is 25.6 Å². The second kappa shape index (κ2) is 6.65. The summed E-state index contributed by atoms with van der Waals surface area (Å²) in [7, 11) is -3.42. The van der Waals surface area contributed by atoms with Gasteiger partial charge in [-0.2, -0.15) is 4.31 Å². The highest BCUT2D eigenvalue weighted by Crippen LogP contribution is 2.22. The van der Waals surface area contributed by atoms with Gasteiger partial charge in [0.2, 0.25) is 0 Å². The van der Waals surface area contributed by atoms with Crippen molar-refractivity contribution in [2.24, 2.45) is 5.92 Å². The number of pyridine rings is 1. The van der Waals surface area contributed by atoms with Crippen LogP contribution in [0, 0.1) is 5.92 Å². The Morgan fingerprint density at radius 2 is 2.05 bits per heavy atom. The molecule has 0 unspecified atom stereocenters. The standard InChI is InChI=1S/C14H23N3O2S/c1-3-15-10-13-4-5-14(16-11-13)20(18,19)17-8-6-12(2)7-9-17/h4-5,11-12,15H,3,6-10H2,1-2H3. The average molecular weight is 297 g/mol. The largest absolute Gasteiger partial charge is 0.313 e. The zero-order valence-corrected chi connectivity index (χ0v) is 13.0. The van der Waals surface area contributed by atoms with Gasteiger partial charge in [0.15, 0.2) is 5.03 Å². The van der Waals surface area contributed by atoms with Crippen molar-refractivity contribution in [3.63, 3.8) is 0 Å². The van der Waals surface area contributed by atoms with Gasteiger partial charge in [0.1, 0.15) is 0 Å². The van der Waals surface area contributed by atoms with E-state index in [1.807, 2.05) is 13.0 Å². The molecule has 0 aliphatic carbocycles. The van der Waals surface area contributed by atoms with Gasteiger partial charge in [-0.15, -0.1) is 0 Å². The summed E-state index contributed by atoms with van der Waals surface area (Å²) in [5.41, 5.74) is 0.998. The summed E-state index contributed by atoms with van der Waals surface area (Å²) in [6, 6.07) is 3.44. The SMILES string of the molecule is CCNCc1ccc(S(=O)(=O)N2CCC(C)CC2)nc1. The Kier molecular flexibility index (Phi) is 5.12. The molecule has 1 aromatic heterocycles. The number of nitrogens with one attached hydrogen (secondary N) is 1. The number of nitrogens with zero attached hydrogens (tertiary/aromatic N) is 2. The van der Waals surface area contributed by atoms with Gasteiger partial charge < -0.3 is 5.32 Å². The van der Waals surface area contributed by atoms with Crippen molar-refractivity contribution in [2.45, 2.75) is 38.3 Å². The van der Waals surface area contributed by atoms with E-state index in [0.717, 1.165) is 24.9 Å². The van der Waals surface area contributed by atoms with E-state index in [1.165, 1.54) is 0 Å². The summed E-state index contributed by atoms with van der Waals surface area (Å²) in [4.78, 5) is 4.13. The van der Waals surface area contributed by atoms with Crippen LogP contribution in [0.4, 0.5) is 0 Å². The molecule has 0 radical (unpaired) electrons. The Bertz CT molecular complexity index is 520. The van der Waals surface area contributed by atoms with Crippen molar-refractivity contribution >= 4 is 10.0 Å². The molecule has 1 fully saturated rings. The average Bonchev–Trinajstić information content (AvgIpc) is 2.46. The number of rotatable bonds is 5. The Balaban J connectivity index is 2.09. The Hall–Kier alpha value is -0.980. The summed E-state index contributed by atoms with van der Waals surface area (Å²) in [5, 5.41) is 3.35. The molecular weight excluding hydrogens is 274 g/mol. The summed E-state index contributed by atoms with van der Waals surface area (Å²) in [5.74, 6) is 0.608. The second-order valence-electron chi connectivity index (χ2n) is 5.37. The smallest absolute Gasteiger partial charge is 0.260 e. The van der Waals surface area contributed by atoms with E-state index >= 15 is 0 Å². The molecule has 2 heterocycles. The second-order valence-corrected chi connectivity index (χ2v) is 7.26. The third-order valence-corrected chi connectivity index (χ3v) is 5.54. The predicted molar refractivity (Wildman–Crippen MR) is 78.8 cm³/mol. The third-order valence-electron chi connectivity index (χ3n) is 3.72. The van der Waals surface area contributed by atoms with E-state index in [-0.39, 0.29) is 5.03 Å². The van der Waals surface area contributed by atoms with Gasteiger partial charge in [-0.3, -0.25) is 0 Å². The van der Waals surface area contributed by atoms with E-state index in [1.54, 1.807) is 16.6 Å². The minimum absolute atomic E-state index is 0.160. The highest BCUT2D eigenvalue weighted by atomic mass is 32.2. The number of hydrogen-bond acceptors (Lipinski definition) is 4. The maximum Gasteiger partial charge on any atom is 0.260 e. The van der Waals surface area contributed by atoms with Crippen LogP contribution in [0.15, 0.2) is 23.4 Å². The lowest BCUT2D eigenvalue weighted by Gasteiger charge is -2.29. The van der Waals surface area contributed by atoms with Crippen LogP contribution < -0.4 is 5.32 Å². The van der Waals surface area contributed by atoms with Crippen LogP contribution in [0.2, 0.25) is 0 Å². The lowest BCUT2D eigenvalue weighted by atomic mass is 10.0. The fraction of sp³-hybridized carbons (Fsp3) is 0.643. The predicted octanol–water partition coefficient (Wildman–Crippen LogP) is 1.61. The molecule has 2 rings (SSSR count). The molecule has 0 amide bonds. The van der Waals surface area contributed by atoms with Gasteiger partial charge in [0, 0.05) is 25.8 Å². The number of aromatic nitrogens is 1. The lowest BCUT2D eigenvalue weighted by molar-refractivity contribution is 0.287.